The molecule has 0 aliphatic heterocycles. The van der Waals surface area contributed by atoms with Crippen molar-refractivity contribution < 1.29 is 37.6 Å². The summed E-state index contributed by atoms with van der Waals surface area (Å²) in [5.74, 6) is 0.842. The Morgan fingerprint density at radius 3 is 2.23 bits per heavy atom. The molecule has 210 valence electrons. The van der Waals surface area contributed by atoms with Gasteiger partial charge in [0, 0.05) is 22.6 Å². The summed E-state index contributed by atoms with van der Waals surface area (Å²) in [7, 11) is 7.31. The lowest BCUT2D eigenvalue weighted by Crippen LogP contribution is -2.26. The highest BCUT2D eigenvalue weighted by Gasteiger charge is 2.24. The summed E-state index contributed by atoms with van der Waals surface area (Å²) < 4.78 is 39.1. The van der Waals surface area contributed by atoms with Crippen molar-refractivity contribution in [3.05, 3.63) is 56.4 Å². The average Bonchev–Trinajstić information content (AvgIpc) is 3.38. The van der Waals surface area contributed by atoms with Crippen LogP contribution in [-0.4, -0.2) is 54.3 Å². The van der Waals surface area contributed by atoms with E-state index in [0.717, 1.165) is 10.4 Å². The van der Waals surface area contributed by atoms with Gasteiger partial charge in [-0.05, 0) is 36.1 Å². The van der Waals surface area contributed by atoms with Gasteiger partial charge in [0.2, 0.25) is 16.9 Å². The molecule has 2 aromatic heterocycles. The number of nitrogens with zero attached hydrogens (tertiary/aromatic N) is 1. The normalized spacial score (nSPS) is 10.9. The summed E-state index contributed by atoms with van der Waals surface area (Å²) >= 11 is 1.49. The maximum atomic E-state index is 13.8. The first kappa shape index (κ1) is 28.3. The van der Waals surface area contributed by atoms with Gasteiger partial charge in [0.05, 0.1) is 41.8 Å². The highest BCUT2D eigenvalue weighted by molar-refractivity contribution is 7.11. The van der Waals surface area contributed by atoms with E-state index in [-0.39, 0.29) is 28.2 Å². The number of carbonyl (C=O) groups excluding carboxylic acids is 1. The number of methoxy groups -OCH3 is 5. The highest BCUT2D eigenvalue weighted by atomic mass is 32.1. The van der Waals surface area contributed by atoms with Gasteiger partial charge in [-0.3, -0.25) is 9.59 Å². The topological polar surface area (TPSA) is 127 Å². The van der Waals surface area contributed by atoms with Gasteiger partial charge < -0.3 is 32.8 Å². The fraction of sp³-hybridized carbons (Fsp3) is 0.250. The summed E-state index contributed by atoms with van der Waals surface area (Å²) in [6, 6.07) is 8.26. The molecule has 40 heavy (non-hydrogen) atoms. The number of benzene rings is 2. The van der Waals surface area contributed by atoms with Gasteiger partial charge >= 0.3 is 0 Å². The zero-order valence-electron chi connectivity index (χ0n) is 22.8. The molecule has 4 rings (SSSR count). The summed E-state index contributed by atoms with van der Waals surface area (Å²) in [5.41, 5.74) is 3.43. The van der Waals surface area contributed by atoms with Crippen LogP contribution in [0.4, 0.5) is 0 Å². The Balaban J connectivity index is 1.80. The SMILES string of the molecule is COc1cc(OC)c2c(=O)c(OCC(=O)NN=Cc3sccc3C)c(-c3cc(OC)c(OC)c(OC)c3)oc2c1. The first-order valence-corrected chi connectivity index (χ1v) is 12.7. The monoisotopic (exact) mass is 568 g/mol. The third kappa shape index (κ3) is 5.66. The van der Waals surface area contributed by atoms with E-state index in [1.165, 1.54) is 46.9 Å². The molecule has 2 heterocycles. The minimum atomic E-state index is -0.581. The molecule has 0 saturated heterocycles. The van der Waals surface area contributed by atoms with Crippen LogP contribution >= 0.6 is 11.3 Å². The molecule has 4 aromatic rings. The molecular formula is C28H28N2O9S. The van der Waals surface area contributed by atoms with Crippen LogP contribution in [0, 0.1) is 6.92 Å². The quantitative estimate of drug-likeness (QED) is 0.207. The molecule has 2 aromatic carbocycles. The Morgan fingerprint density at radius 2 is 1.65 bits per heavy atom. The first-order chi connectivity index (χ1) is 19.3. The lowest BCUT2D eigenvalue weighted by molar-refractivity contribution is -0.123. The molecule has 0 radical (unpaired) electrons. The zero-order chi connectivity index (χ0) is 28.8. The van der Waals surface area contributed by atoms with Crippen LogP contribution < -0.4 is 39.3 Å². The van der Waals surface area contributed by atoms with Crippen LogP contribution in [0.1, 0.15) is 10.4 Å². The van der Waals surface area contributed by atoms with Crippen molar-refractivity contribution in [1.82, 2.24) is 5.43 Å². The van der Waals surface area contributed by atoms with Crippen LogP contribution in [0.2, 0.25) is 0 Å². The van der Waals surface area contributed by atoms with Gasteiger partial charge in [-0.15, -0.1) is 11.3 Å². The Labute approximate surface area is 233 Å². The molecule has 0 saturated carbocycles. The van der Waals surface area contributed by atoms with Gasteiger partial charge in [0.15, 0.2) is 23.9 Å². The Morgan fingerprint density at radius 1 is 0.950 bits per heavy atom. The zero-order valence-corrected chi connectivity index (χ0v) is 23.6. The first-order valence-electron chi connectivity index (χ1n) is 11.9. The minimum absolute atomic E-state index is 0.0255. The molecule has 0 bridgehead atoms. The Kier molecular flexibility index (Phi) is 8.80. The van der Waals surface area contributed by atoms with Crippen molar-refractivity contribution in [1.29, 1.82) is 0 Å². The predicted molar refractivity (Wildman–Crippen MR) is 151 cm³/mol. The molecule has 0 atom stereocenters. The van der Waals surface area contributed by atoms with Gasteiger partial charge in [-0.1, -0.05) is 0 Å². The van der Waals surface area contributed by atoms with Crippen molar-refractivity contribution in [3.8, 4) is 45.8 Å². The number of nitrogens with one attached hydrogen (secondary N) is 1. The fourth-order valence-corrected chi connectivity index (χ4v) is 4.69. The third-order valence-electron chi connectivity index (χ3n) is 5.89. The lowest BCUT2D eigenvalue weighted by Gasteiger charge is -2.16. The molecule has 0 aliphatic rings. The fourth-order valence-electron chi connectivity index (χ4n) is 3.90. The molecular weight excluding hydrogens is 540 g/mol. The van der Waals surface area contributed by atoms with E-state index in [1.54, 1.807) is 30.5 Å². The predicted octanol–water partition coefficient (Wildman–Crippen LogP) is 4.40. The van der Waals surface area contributed by atoms with Crippen LogP contribution in [0.5, 0.6) is 34.5 Å². The molecule has 0 unspecified atom stereocenters. The largest absolute Gasteiger partial charge is 0.496 e. The number of hydrogen-bond acceptors (Lipinski definition) is 11. The maximum Gasteiger partial charge on any atom is 0.277 e. The number of carbonyl (C=O) groups is 1. The van der Waals surface area contributed by atoms with Crippen LogP contribution in [0.15, 0.2) is 50.0 Å². The van der Waals surface area contributed by atoms with E-state index in [1.807, 2.05) is 18.4 Å². The number of aryl methyl sites for hydroxylation is 1. The number of amides is 1. The summed E-state index contributed by atoms with van der Waals surface area (Å²) in [6.07, 6.45) is 1.54. The number of hydrogen-bond donors (Lipinski definition) is 1. The second-order valence-corrected chi connectivity index (χ2v) is 9.20. The average molecular weight is 569 g/mol. The number of ether oxygens (including phenoxy) is 6. The van der Waals surface area contributed by atoms with E-state index in [4.69, 9.17) is 32.8 Å². The van der Waals surface area contributed by atoms with Gasteiger partial charge in [0.25, 0.3) is 5.91 Å². The van der Waals surface area contributed by atoms with Gasteiger partial charge in [0.1, 0.15) is 22.5 Å². The highest BCUT2D eigenvalue weighted by Crippen LogP contribution is 2.44. The molecule has 1 N–H and O–H groups in total. The number of hydrazone groups is 1. The van der Waals surface area contributed by atoms with Crippen LogP contribution in [-0.2, 0) is 4.79 Å². The minimum Gasteiger partial charge on any atom is -0.496 e. The number of rotatable bonds is 11. The van der Waals surface area contributed by atoms with Crippen molar-refractivity contribution >= 4 is 34.4 Å². The van der Waals surface area contributed by atoms with Crippen molar-refractivity contribution in [2.75, 3.05) is 42.2 Å². The second-order valence-electron chi connectivity index (χ2n) is 8.26. The van der Waals surface area contributed by atoms with E-state index in [9.17, 15) is 9.59 Å². The lowest BCUT2D eigenvalue weighted by atomic mass is 10.1. The van der Waals surface area contributed by atoms with Crippen molar-refractivity contribution in [3.63, 3.8) is 0 Å². The van der Waals surface area contributed by atoms with E-state index in [0.29, 0.717) is 28.6 Å². The summed E-state index contributed by atoms with van der Waals surface area (Å²) in [6.45, 7) is 1.42. The molecule has 12 heteroatoms. The van der Waals surface area contributed by atoms with Gasteiger partial charge in [-0.2, -0.15) is 5.10 Å². The Bertz CT molecular complexity index is 1600. The van der Waals surface area contributed by atoms with Crippen molar-refractivity contribution in [2.24, 2.45) is 5.10 Å². The third-order valence-corrected chi connectivity index (χ3v) is 6.85. The second kappa shape index (κ2) is 12.4. The summed E-state index contributed by atoms with van der Waals surface area (Å²) in [4.78, 5) is 27.3. The van der Waals surface area contributed by atoms with E-state index in [2.05, 4.69) is 10.5 Å². The molecule has 0 spiro atoms. The van der Waals surface area contributed by atoms with E-state index < -0.39 is 17.9 Å². The van der Waals surface area contributed by atoms with E-state index >= 15 is 0 Å². The standard InChI is InChI=1S/C28H28N2O9S/c1-15-7-8-40-22(15)13-29-30-23(31)14-38-28-25(32)24-18(34-3)11-17(33-2)12-19(24)39-26(28)16-9-20(35-4)27(37-6)21(10-16)36-5/h7-13H,14H2,1-6H3,(H,30,31). The number of thiophene rings is 1. The molecule has 11 nitrogen and oxygen atoms in total. The molecule has 0 aliphatic carbocycles. The van der Waals surface area contributed by atoms with Crippen molar-refractivity contribution in [2.45, 2.75) is 6.92 Å². The molecule has 0 fully saturated rings. The Hall–Kier alpha value is -4.71. The number of fused-ring (bicyclic) bond motifs is 1. The molecule has 1 amide bonds. The van der Waals surface area contributed by atoms with Crippen LogP contribution in [0.25, 0.3) is 22.3 Å². The maximum absolute atomic E-state index is 13.8. The van der Waals surface area contributed by atoms with Gasteiger partial charge in [-0.25, -0.2) is 5.43 Å². The van der Waals surface area contributed by atoms with Crippen LogP contribution in [0.3, 0.4) is 0 Å². The summed E-state index contributed by atoms with van der Waals surface area (Å²) in [5, 5.41) is 6.01. The smallest absolute Gasteiger partial charge is 0.277 e.